The summed E-state index contributed by atoms with van der Waals surface area (Å²) in [6.07, 6.45) is 0.988. The van der Waals surface area contributed by atoms with E-state index in [1.54, 1.807) is 0 Å². The fourth-order valence-corrected chi connectivity index (χ4v) is 4.51. The van der Waals surface area contributed by atoms with E-state index in [9.17, 15) is 0 Å². The highest BCUT2D eigenvalue weighted by Crippen LogP contribution is 2.34. The second-order valence-corrected chi connectivity index (χ2v) is 6.97. The van der Waals surface area contributed by atoms with Crippen LogP contribution in [-0.2, 0) is 6.42 Å². The number of hydrogen-bond donors (Lipinski definition) is 1. The lowest BCUT2D eigenvalue weighted by Crippen LogP contribution is -2.17. The Balaban J connectivity index is 1.84. The summed E-state index contributed by atoms with van der Waals surface area (Å²) in [5, 5.41) is 6.36. The first-order chi connectivity index (χ1) is 9.26. The van der Waals surface area contributed by atoms with Crippen molar-refractivity contribution in [3.05, 3.63) is 57.2 Å². The van der Waals surface area contributed by atoms with Gasteiger partial charge in [0.2, 0.25) is 0 Å². The van der Waals surface area contributed by atoms with Gasteiger partial charge in [0.05, 0.1) is 0 Å². The minimum atomic E-state index is 0.366. The van der Waals surface area contributed by atoms with E-state index in [1.807, 2.05) is 41.9 Å². The van der Waals surface area contributed by atoms with Gasteiger partial charge in [0.25, 0.3) is 0 Å². The Labute approximate surface area is 125 Å². The van der Waals surface area contributed by atoms with Gasteiger partial charge in [-0.25, -0.2) is 0 Å². The highest BCUT2D eigenvalue weighted by Gasteiger charge is 2.14. The van der Waals surface area contributed by atoms with Gasteiger partial charge in [-0.3, -0.25) is 0 Å². The van der Waals surface area contributed by atoms with Crippen LogP contribution in [0, 0.1) is 0 Å². The van der Waals surface area contributed by atoms with Gasteiger partial charge in [-0.2, -0.15) is 0 Å². The van der Waals surface area contributed by atoms with E-state index in [0.29, 0.717) is 6.04 Å². The van der Waals surface area contributed by atoms with E-state index >= 15 is 0 Å². The highest BCUT2D eigenvalue weighted by molar-refractivity contribution is 7.26. The molecule has 4 heteroatoms. The summed E-state index contributed by atoms with van der Waals surface area (Å²) in [7, 11) is 2.02. The maximum absolute atomic E-state index is 5.93. The largest absolute Gasteiger partial charge is 0.312 e. The maximum Gasteiger partial charge on any atom is 0.0454 e. The molecule has 98 valence electrons. The van der Waals surface area contributed by atoms with Crippen molar-refractivity contribution in [3.63, 3.8) is 0 Å². The molecular weight excluding hydrogens is 294 g/mol. The van der Waals surface area contributed by atoms with Crippen LogP contribution in [0.4, 0.5) is 0 Å². The number of likely N-dealkylation sites (N-methyl/N-ethyl adjacent to an activating group) is 1. The number of thiophene rings is 2. The molecule has 0 aliphatic rings. The SMILES string of the molecule is CNC(Cc1ccc(Cl)cc1)c1cc2sccc2s1. The monoisotopic (exact) mass is 307 g/mol. The molecule has 0 bridgehead atoms. The zero-order chi connectivity index (χ0) is 13.2. The lowest BCUT2D eigenvalue weighted by atomic mass is 10.1. The van der Waals surface area contributed by atoms with Gasteiger partial charge in [-0.1, -0.05) is 23.7 Å². The van der Waals surface area contributed by atoms with Crippen LogP contribution in [0.5, 0.6) is 0 Å². The summed E-state index contributed by atoms with van der Waals surface area (Å²) in [5.74, 6) is 0. The van der Waals surface area contributed by atoms with Gasteiger partial charge < -0.3 is 5.32 Å². The molecule has 0 fully saturated rings. The van der Waals surface area contributed by atoms with Crippen molar-refractivity contribution >= 4 is 43.7 Å². The molecule has 1 atom stereocenters. The van der Waals surface area contributed by atoms with Gasteiger partial charge >= 0.3 is 0 Å². The summed E-state index contributed by atoms with van der Waals surface area (Å²) in [6.45, 7) is 0. The summed E-state index contributed by atoms with van der Waals surface area (Å²) < 4.78 is 2.77. The molecule has 0 saturated carbocycles. The van der Waals surface area contributed by atoms with Gasteiger partial charge in [0.1, 0.15) is 0 Å². The lowest BCUT2D eigenvalue weighted by Gasteiger charge is -2.14. The topological polar surface area (TPSA) is 12.0 Å². The third-order valence-electron chi connectivity index (χ3n) is 3.20. The smallest absolute Gasteiger partial charge is 0.0454 e. The molecular formula is C15H14ClNS2. The highest BCUT2D eigenvalue weighted by atomic mass is 35.5. The first-order valence-corrected chi connectivity index (χ1v) is 8.22. The Kier molecular flexibility index (Phi) is 3.89. The third-order valence-corrected chi connectivity index (χ3v) is 5.66. The summed E-state index contributed by atoms with van der Waals surface area (Å²) in [4.78, 5) is 1.40. The van der Waals surface area contributed by atoms with E-state index < -0.39 is 0 Å². The van der Waals surface area contributed by atoms with Crippen molar-refractivity contribution in [1.82, 2.24) is 5.32 Å². The lowest BCUT2D eigenvalue weighted by molar-refractivity contribution is 0.602. The van der Waals surface area contributed by atoms with Crippen molar-refractivity contribution in [2.75, 3.05) is 7.05 Å². The number of hydrogen-bond acceptors (Lipinski definition) is 3. The molecule has 0 aliphatic carbocycles. The molecule has 19 heavy (non-hydrogen) atoms. The van der Waals surface area contributed by atoms with Crippen molar-refractivity contribution in [3.8, 4) is 0 Å². The summed E-state index contributed by atoms with van der Waals surface area (Å²) >= 11 is 9.62. The van der Waals surface area contributed by atoms with Crippen molar-refractivity contribution in [2.45, 2.75) is 12.5 Å². The fraction of sp³-hybridized carbons (Fsp3) is 0.200. The maximum atomic E-state index is 5.93. The first-order valence-electron chi connectivity index (χ1n) is 6.15. The molecule has 0 radical (unpaired) electrons. The van der Waals surface area contributed by atoms with Crippen LogP contribution in [0.2, 0.25) is 5.02 Å². The molecule has 2 heterocycles. The molecule has 0 aliphatic heterocycles. The number of fused-ring (bicyclic) bond motifs is 1. The molecule has 1 N–H and O–H groups in total. The zero-order valence-electron chi connectivity index (χ0n) is 10.5. The standard InChI is InChI=1S/C15H14ClNS2/c1-17-12(8-10-2-4-11(16)5-3-10)14-9-15-13(19-14)6-7-18-15/h2-7,9,12,17H,8H2,1H3. The molecule has 3 rings (SSSR count). The Hall–Kier alpha value is -0.870. The molecule has 2 aromatic heterocycles. The molecule has 0 spiro atoms. The van der Waals surface area contributed by atoms with E-state index in [4.69, 9.17) is 11.6 Å². The predicted octanol–water partition coefficient (Wildman–Crippen LogP) is 5.12. The molecule has 1 aromatic carbocycles. The van der Waals surface area contributed by atoms with Gasteiger partial charge in [0, 0.05) is 25.3 Å². The third kappa shape index (κ3) is 2.84. The van der Waals surface area contributed by atoms with Crippen LogP contribution >= 0.6 is 34.3 Å². The number of rotatable bonds is 4. The average Bonchev–Trinajstić information content (AvgIpc) is 2.99. The molecule has 1 nitrogen and oxygen atoms in total. The van der Waals surface area contributed by atoms with Gasteiger partial charge in [-0.05, 0) is 48.7 Å². The first kappa shape index (κ1) is 13.1. The van der Waals surface area contributed by atoms with Crippen LogP contribution in [0.15, 0.2) is 41.8 Å². The Morgan fingerprint density at radius 2 is 1.95 bits per heavy atom. The van der Waals surface area contributed by atoms with Crippen LogP contribution in [0.3, 0.4) is 0 Å². The van der Waals surface area contributed by atoms with E-state index in [1.165, 1.54) is 19.8 Å². The van der Waals surface area contributed by atoms with E-state index in [-0.39, 0.29) is 0 Å². The minimum absolute atomic E-state index is 0.366. The fourth-order valence-electron chi connectivity index (χ4n) is 2.16. The molecule has 0 saturated heterocycles. The van der Waals surface area contributed by atoms with E-state index in [0.717, 1.165) is 11.4 Å². The Morgan fingerprint density at radius 3 is 2.63 bits per heavy atom. The predicted molar refractivity (Wildman–Crippen MR) is 86.7 cm³/mol. The Bertz CT molecular complexity index is 640. The van der Waals surface area contributed by atoms with Crippen molar-refractivity contribution < 1.29 is 0 Å². The number of halogens is 1. The zero-order valence-corrected chi connectivity index (χ0v) is 12.9. The second-order valence-electron chi connectivity index (χ2n) is 4.47. The van der Waals surface area contributed by atoms with Crippen molar-refractivity contribution in [2.24, 2.45) is 0 Å². The van der Waals surface area contributed by atoms with Crippen LogP contribution in [0.1, 0.15) is 16.5 Å². The van der Waals surface area contributed by atoms with Crippen LogP contribution in [-0.4, -0.2) is 7.05 Å². The summed E-state index contributed by atoms with van der Waals surface area (Å²) in [6, 6.07) is 13.0. The number of benzene rings is 1. The van der Waals surface area contributed by atoms with Gasteiger partial charge in [-0.15, -0.1) is 22.7 Å². The van der Waals surface area contributed by atoms with Crippen LogP contribution in [0.25, 0.3) is 9.40 Å². The molecule has 0 amide bonds. The molecule has 3 aromatic rings. The van der Waals surface area contributed by atoms with Crippen LogP contribution < -0.4 is 5.32 Å². The quantitative estimate of drug-likeness (QED) is 0.705. The second kappa shape index (κ2) is 5.63. The minimum Gasteiger partial charge on any atom is -0.312 e. The molecule has 1 unspecified atom stereocenters. The van der Waals surface area contributed by atoms with Crippen molar-refractivity contribution in [1.29, 1.82) is 0 Å². The van der Waals surface area contributed by atoms with Gasteiger partial charge in [0.15, 0.2) is 0 Å². The number of nitrogens with one attached hydrogen (secondary N) is 1. The average molecular weight is 308 g/mol. The normalized spacial score (nSPS) is 12.9. The summed E-state index contributed by atoms with van der Waals surface area (Å²) in [5.41, 5.74) is 1.31. The van der Waals surface area contributed by atoms with E-state index in [2.05, 4.69) is 35.0 Å². The Morgan fingerprint density at radius 1 is 1.16 bits per heavy atom.